The molecule has 0 unspecified atom stereocenters. The molecule has 0 N–H and O–H groups in total. The van der Waals surface area contributed by atoms with Crippen molar-refractivity contribution >= 4 is 11.8 Å². The number of rotatable bonds is 9. The predicted molar refractivity (Wildman–Crippen MR) is 108 cm³/mol. The van der Waals surface area contributed by atoms with E-state index in [2.05, 4.69) is 0 Å². The number of hydrogen-bond acceptors (Lipinski definition) is 3. The Morgan fingerprint density at radius 3 is 2.36 bits per heavy atom. The smallest absolute Gasteiger partial charge is 0.242 e. The third kappa shape index (κ3) is 5.24. The van der Waals surface area contributed by atoms with E-state index in [0.717, 1.165) is 42.8 Å². The molecule has 1 aromatic carbocycles. The minimum absolute atomic E-state index is 0.0426. The molecule has 1 aromatic heterocycles. The Labute approximate surface area is 167 Å². The van der Waals surface area contributed by atoms with Crippen LogP contribution in [0.5, 0.6) is 0 Å². The zero-order valence-corrected chi connectivity index (χ0v) is 16.9. The van der Waals surface area contributed by atoms with Gasteiger partial charge in [-0.2, -0.15) is 0 Å². The second kappa shape index (κ2) is 9.58. The first-order valence-electron chi connectivity index (χ1n) is 10.2. The monoisotopic (exact) mass is 382 g/mol. The number of benzene rings is 1. The van der Waals surface area contributed by atoms with Crippen molar-refractivity contribution in [2.75, 3.05) is 13.1 Å². The summed E-state index contributed by atoms with van der Waals surface area (Å²) >= 11 is 0. The molecule has 0 saturated heterocycles. The molecule has 2 amide bonds. The summed E-state index contributed by atoms with van der Waals surface area (Å²) in [6, 6.07) is 13.7. The van der Waals surface area contributed by atoms with Crippen molar-refractivity contribution < 1.29 is 14.0 Å². The van der Waals surface area contributed by atoms with E-state index in [1.54, 1.807) is 9.80 Å². The van der Waals surface area contributed by atoms with Gasteiger partial charge in [-0.3, -0.25) is 9.59 Å². The molecule has 0 radical (unpaired) electrons. The van der Waals surface area contributed by atoms with Crippen molar-refractivity contribution in [3.63, 3.8) is 0 Å². The van der Waals surface area contributed by atoms with E-state index in [4.69, 9.17) is 4.42 Å². The summed E-state index contributed by atoms with van der Waals surface area (Å²) in [5.41, 5.74) is 1.06. The second-order valence-electron chi connectivity index (χ2n) is 7.64. The van der Waals surface area contributed by atoms with Gasteiger partial charge in [0.15, 0.2) is 0 Å². The Morgan fingerprint density at radius 1 is 1.04 bits per heavy atom. The Balaban J connectivity index is 1.72. The third-order valence-electron chi connectivity index (χ3n) is 5.30. The fourth-order valence-electron chi connectivity index (χ4n) is 3.51. The van der Waals surface area contributed by atoms with E-state index < -0.39 is 0 Å². The van der Waals surface area contributed by atoms with Crippen LogP contribution in [-0.4, -0.2) is 34.7 Å². The topological polar surface area (TPSA) is 53.8 Å². The number of amides is 2. The normalized spacial score (nSPS) is 13.8. The molecular weight excluding hydrogens is 352 g/mol. The van der Waals surface area contributed by atoms with Gasteiger partial charge in [0.2, 0.25) is 11.8 Å². The average Bonchev–Trinajstić information content (AvgIpc) is 3.05. The van der Waals surface area contributed by atoms with Crippen LogP contribution in [0.4, 0.5) is 0 Å². The van der Waals surface area contributed by atoms with Gasteiger partial charge in [0.25, 0.3) is 0 Å². The maximum atomic E-state index is 13.2. The third-order valence-corrected chi connectivity index (χ3v) is 5.30. The highest BCUT2D eigenvalue weighted by atomic mass is 16.3. The number of aryl methyl sites for hydroxylation is 1. The van der Waals surface area contributed by atoms with Crippen LogP contribution in [0.15, 0.2) is 46.9 Å². The highest BCUT2D eigenvalue weighted by Crippen LogP contribution is 2.28. The summed E-state index contributed by atoms with van der Waals surface area (Å²) in [5.74, 6) is 1.78. The van der Waals surface area contributed by atoms with Gasteiger partial charge in [0.05, 0.1) is 13.1 Å². The Morgan fingerprint density at radius 2 is 1.79 bits per heavy atom. The van der Waals surface area contributed by atoms with Crippen LogP contribution in [0.25, 0.3) is 0 Å². The molecule has 0 atom stereocenters. The van der Waals surface area contributed by atoms with Crippen molar-refractivity contribution in [3.05, 3.63) is 59.5 Å². The van der Waals surface area contributed by atoms with Gasteiger partial charge >= 0.3 is 0 Å². The zero-order valence-electron chi connectivity index (χ0n) is 16.9. The number of furan rings is 1. The van der Waals surface area contributed by atoms with E-state index in [1.807, 2.05) is 56.3 Å². The minimum atomic E-state index is -0.0426. The first-order valence-corrected chi connectivity index (χ1v) is 10.2. The molecule has 0 aliphatic heterocycles. The predicted octanol–water partition coefficient (Wildman–Crippen LogP) is 4.16. The molecule has 5 nitrogen and oxygen atoms in total. The lowest BCUT2D eigenvalue weighted by Gasteiger charge is -2.32. The fourth-order valence-corrected chi connectivity index (χ4v) is 3.51. The molecule has 0 bridgehead atoms. The fraction of sp³-hybridized carbons (Fsp3) is 0.478. The van der Waals surface area contributed by atoms with Gasteiger partial charge in [0, 0.05) is 19.0 Å². The summed E-state index contributed by atoms with van der Waals surface area (Å²) in [4.78, 5) is 29.4. The van der Waals surface area contributed by atoms with E-state index >= 15 is 0 Å². The molecule has 1 aliphatic rings. The zero-order chi connectivity index (χ0) is 19.9. The van der Waals surface area contributed by atoms with Crippen LogP contribution in [0.3, 0.4) is 0 Å². The molecule has 150 valence electrons. The van der Waals surface area contributed by atoms with Crippen molar-refractivity contribution in [1.82, 2.24) is 9.80 Å². The molecule has 2 aromatic rings. The van der Waals surface area contributed by atoms with E-state index in [1.165, 1.54) is 0 Å². The largest absolute Gasteiger partial charge is 0.464 e. The van der Waals surface area contributed by atoms with Gasteiger partial charge in [-0.05, 0) is 43.9 Å². The lowest BCUT2D eigenvalue weighted by atomic mass is 9.84. The summed E-state index contributed by atoms with van der Waals surface area (Å²) in [7, 11) is 0. The summed E-state index contributed by atoms with van der Waals surface area (Å²) < 4.78 is 5.69. The lowest BCUT2D eigenvalue weighted by molar-refractivity contribution is -0.145. The van der Waals surface area contributed by atoms with E-state index in [9.17, 15) is 9.59 Å². The van der Waals surface area contributed by atoms with Gasteiger partial charge in [0.1, 0.15) is 11.5 Å². The number of nitrogens with zero attached hydrogens (tertiary/aromatic N) is 2. The lowest BCUT2D eigenvalue weighted by Crippen LogP contribution is -2.46. The minimum Gasteiger partial charge on any atom is -0.464 e. The SMILES string of the molecule is CCCN(CC(=O)N(Cc1ccccc1)Cc1ccc(C)o1)C(=O)C1CCC1. The van der Waals surface area contributed by atoms with Crippen LogP contribution < -0.4 is 0 Å². The van der Waals surface area contributed by atoms with Gasteiger partial charge in [-0.1, -0.05) is 43.7 Å². The molecule has 0 spiro atoms. The number of hydrogen-bond donors (Lipinski definition) is 0. The Hall–Kier alpha value is -2.56. The number of carbonyl (C=O) groups excluding carboxylic acids is 2. The van der Waals surface area contributed by atoms with Crippen LogP contribution in [0.1, 0.15) is 49.7 Å². The van der Waals surface area contributed by atoms with Crippen LogP contribution in [0.2, 0.25) is 0 Å². The van der Waals surface area contributed by atoms with Gasteiger partial charge < -0.3 is 14.2 Å². The van der Waals surface area contributed by atoms with Crippen molar-refractivity contribution in [2.45, 2.75) is 52.6 Å². The summed E-state index contributed by atoms with van der Waals surface area (Å²) in [5, 5.41) is 0. The second-order valence-corrected chi connectivity index (χ2v) is 7.64. The highest BCUT2D eigenvalue weighted by molar-refractivity contribution is 5.86. The van der Waals surface area contributed by atoms with Crippen LogP contribution in [0, 0.1) is 12.8 Å². The number of carbonyl (C=O) groups is 2. The molecule has 3 rings (SSSR count). The standard InChI is InChI=1S/C23H30N2O3/c1-3-14-24(23(27)20-10-7-11-20)17-22(26)25(15-19-8-5-4-6-9-19)16-21-13-12-18(2)28-21/h4-6,8-9,12-13,20H,3,7,10-11,14-17H2,1-2H3. The highest BCUT2D eigenvalue weighted by Gasteiger charge is 2.31. The average molecular weight is 383 g/mol. The maximum absolute atomic E-state index is 13.2. The van der Waals surface area contributed by atoms with Crippen LogP contribution >= 0.6 is 0 Å². The van der Waals surface area contributed by atoms with Crippen molar-refractivity contribution in [1.29, 1.82) is 0 Å². The quantitative estimate of drug-likeness (QED) is 0.654. The first kappa shape index (κ1) is 20.2. The maximum Gasteiger partial charge on any atom is 0.242 e. The molecule has 1 aliphatic carbocycles. The van der Waals surface area contributed by atoms with E-state index in [-0.39, 0.29) is 24.3 Å². The van der Waals surface area contributed by atoms with Crippen molar-refractivity contribution in [2.24, 2.45) is 5.92 Å². The summed E-state index contributed by atoms with van der Waals surface area (Å²) in [6.45, 7) is 5.60. The molecule has 28 heavy (non-hydrogen) atoms. The molecule has 1 heterocycles. The Kier molecular flexibility index (Phi) is 6.90. The molecule has 1 fully saturated rings. The first-order chi connectivity index (χ1) is 13.6. The summed E-state index contributed by atoms with van der Waals surface area (Å²) in [6.07, 6.45) is 3.86. The van der Waals surface area contributed by atoms with E-state index in [0.29, 0.717) is 19.6 Å². The van der Waals surface area contributed by atoms with Crippen LogP contribution in [-0.2, 0) is 22.7 Å². The van der Waals surface area contributed by atoms with Gasteiger partial charge in [-0.15, -0.1) is 0 Å². The molecule has 1 saturated carbocycles. The Bertz CT molecular complexity index is 780. The molecule has 5 heteroatoms. The van der Waals surface area contributed by atoms with Gasteiger partial charge in [-0.25, -0.2) is 0 Å². The molecular formula is C23H30N2O3. The van der Waals surface area contributed by atoms with Crippen molar-refractivity contribution in [3.8, 4) is 0 Å².